The van der Waals surface area contributed by atoms with E-state index in [0.717, 1.165) is 33.9 Å². The second-order valence-corrected chi connectivity index (χ2v) is 13.8. The topological polar surface area (TPSA) is 8.17 Å². The normalized spacial score (nSPS) is 11.3. The predicted molar refractivity (Wildman–Crippen MR) is 229 cm³/mol. The van der Waals surface area contributed by atoms with Gasteiger partial charge in [0.15, 0.2) is 0 Å². The summed E-state index contributed by atoms with van der Waals surface area (Å²) in [5.74, 6) is 0. The molecule has 0 saturated carbocycles. The van der Waals surface area contributed by atoms with Crippen LogP contribution in [0.4, 0.5) is 17.1 Å². The van der Waals surface area contributed by atoms with Gasteiger partial charge in [0, 0.05) is 33.3 Å². The Balaban J connectivity index is 1.20. The molecule has 254 valence electrons. The molecule has 2 nitrogen and oxygen atoms in total. The summed E-state index contributed by atoms with van der Waals surface area (Å²) in [6.45, 7) is 0. The molecule has 0 aliphatic carbocycles. The third kappa shape index (κ3) is 5.53. The van der Waals surface area contributed by atoms with Gasteiger partial charge in [0.25, 0.3) is 0 Å². The van der Waals surface area contributed by atoms with Gasteiger partial charge in [0.05, 0.1) is 22.4 Å². The minimum Gasteiger partial charge on any atom is -0.310 e. The van der Waals surface area contributed by atoms with Gasteiger partial charge < -0.3 is 9.47 Å². The number of anilines is 3. The van der Waals surface area contributed by atoms with E-state index in [-0.39, 0.29) is 0 Å². The second-order valence-electron chi connectivity index (χ2n) is 13.8. The van der Waals surface area contributed by atoms with Gasteiger partial charge in [-0.3, -0.25) is 0 Å². The van der Waals surface area contributed by atoms with Crippen LogP contribution in [0.25, 0.3) is 71.6 Å². The predicted octanol–water partition coefficient (Wildman–Crippen LogP) is 14.4. The zero-order valence-corrected chi connectivity index (χ0v) is 29.7. The molecule has 0 aliphatic rings. The summed E-state index contributed by atoms with van der Waals surface area (Å²) in [5.41, 5.74) is 13.9. The van der Waals surface area contributed by atoms with Crippen molar-refractivity contribution in [2.45, 2.75) is 0 Å². The van der Waals surface area contributed by atoms with Gasteiger partial charge in [-0.15, -0.1) is 0 Å². The smallest absolute Gasteiger partial charge is 0.0547 e. The molecule has 0 amide bonds. The van der Waals surface area contributed by atoms with Crippen molar-refractivity contribution in [1.82, 2.24) is 4.57 Å². The van der Waals surface area contributed by atoms with Crippen LogP contribution in [-0.4, -0.2) is 4.57 Å². The van der Waals surface area contributed by atoms with Crippen molar-refractivity contribution in [3.63, 3.8) is 0 Å². The summed E-state index contributed by atoms with van der Waals surface area (Å²) in [6, 6.07) is 78.9. The van der Waals surface area contributed by atoms with E-state index in [0.29, 0.717) is 0 Å². The third-order valence-electron chi connectivity index (χ3n) is 10.6. The van der Waals surface area contributed by atoms with Crippen LogP contribution in [0.3, 0.4) is 0 Å². The van der Waals surface area contributed by atoms with Crippen molar-refractivity contribution in [3.05, 3.63) is 218 Å². The fourth-order valence-corrected chi connectivity index (χ4v) is 8.02. The van der Waals surface area contributed by atoms with Crippen LogP contribution >= 0.6 is 0 Å². The molecule has 0 aliphatic heterocycles. The summed E-state index contributed by atoms with van der Waals surface area (Å²) >= 11 is 0. The largest absolute Gasteiger partial charge is 0.310 e. The first-order valence-corrected chi connectivity index (χ1v) is 18.5. The fraction of sp³-hybridized carbons (Fsp3) is 0. The first-order valence-electron chi connectivity index (χ1n) is 18.5. The van der Waals surface area contributed by atoms with Crippen molar-refractivity contribution in [2.75, 3.05) is 4.90 Å². The lowest BCUT2D eigenvalue weighted by molar-refractivity contribution is 1.18. The van der Waals surface area contributed by atoms with E-state index in [1.54, 1.807) is 0 Å². The molecule has 0 radical (unpaired) electrons. The average molecular weight is 689 g/mol. The van der Waals surface area contributed by atoms with E-state index in [2.05, 4.69) is 228 Å². The van der Waals surface area contributed by atoms with Crippen molar-refractivity contribution >= 4 is 49.6 Å². The number of aromatic nitrogens is 1. The minimum atomic E-state index is 1.09. The molecule has 0 spiro atoms. The molecule has 0 saturated heterocycles. The molecule has 2 heteroatoms. The number of fused-ring (bicyclic) bond motifs is 4. The molecular formula is C52H36N2. The Morgan fingerprint density at radius 2 is 0.889 bits per heavy atom. The van der Waals surface area contributed by atoms with Crippen LogP contribution in [0.2, 0.25) is 0 Å². The monoisotopic (exact) mass is 688 g/mol. The average Bonchev–Trinajstić information content (AvgIpc) is 3.57. The molecule has 1 aromatic heterocycles. The molecule has 10 aromatic rings. The lowest BCUT2D eigenvalue weighted by Gasteiger charge is -2.29. The summed E-state index contributed by atoms with van der Waals surface area (Å²) in [4.78, 5) is 2.41. The maximum Gasteiger partial charge on any atom is 0.0547 e. The Kier molecular flexibility index (Phi) is 7.85. The number of benzene rings is 9. The van der Waals surface area contributed by atoms with Crippen LogP contribution in [-0.2, 0) is 0 Å². The summed E-state index contributed by atoms with van der Waals surface area (Å²) < 4.78 is 2.46. The number of hydrogen-bond donors (Lipinski definition) is 0. The molecule has 54 heavy (non-hydrogen) atoms. The Labute approximate surface area is 315 Å². The number of para-hydroxylation sites is 3. The van der Waals surface area contributed by atoms with E-state index in [9.17, 15) is 0 Å². The lowest BCUT2D eigenvalue weighted by Crippen LogP contribution is -2.11. The van der Waals surface area contributed by atoms with Crippen LogP contribution in [0.1, 0.15) is 0 Å². The van der Waals surface area contributed by atoms with Gasteiger partial charge in [0.2, 0.25) is 0 Å². The molecule has 9 aromatic carbocycles. The van der Waals surface area contributed by atoms with Crippen LogP contribution < -0.4 is 4.90 Å². The van der Waals surface area contributed by atoms with E-state index in [1.165, 1.54) is 54.8 Å². The van der Waals surface area contributed by atoms with Crippen LogP contribution in [0, 0.1) is 0 Å². The van der Waals surface area contributed by atoms with E-state index in [1.807, 2.05) is 0 Å². The second kappa shape index (κ2) is 13.4. The van der Waals surface area contributed by atoms with Gasteiger partial charge in [0.1, 0.15) is 0 Å². The summed E-state index contributed by atoms with van der Waals surface area (Å²) in [7, 11) is 0. The SMILES string of the molecule is c1ccc(-c2ccc(N(c3cccc(-c4ccccc4)c3)c3ccccc3-c3ccccc3-n3c4ccccc4c4cc5ccccc5cc43)cc2)cc1. The van der Waals surface area contributed by atoms with Gasteiger partial charge in [-0.25, -0.2) is 0 Å². The highest BCUT2D eigenvalue weighted by molar-refractivity contribution is 6.14. The van der Waals surface area contributed by atoms with Crippen molar-refractivity contribution in [1.29, 1.82) is 0 Å². The number of hydrogen-bond acceptors (Lipinski definition) is 1. The molecule has 0 fully saturated rings. The molecule has 10 rings (SSSR count). The molecule has 0 unspecified atom stereocenters. The van der Waals surface area contributed by atoms with Crippen LogP contribution in [0.15, 0.2) is 218 Å². The van der Waals surface area contributed by atoms with Gasteiger partial charge in [-0.05, 0) is 87.6 Å². The summed E-state index contributed by atoms with van der Waals surface area (Å²) in [5, 5.41) is 4.98. The van der Waals surface area contributed by atoms with Crippen molar-refractivity contribution < 1.29 is 0 Å². The highest BCUT2D eigenvalue weighted by Gasteiger charge is 2.21. The highest BCUT2D eigenvalue weighted by Crippen LogP contribution is 2.45. The lowest BCUT2D eigenvalue weighted by atomic mass is 9.98. The Hall–Kier alpha value is -7.16. The number of rotatable bonds is 7. The Morgan fingerprint density at radius 1 is 0.315 bits per heavy atom. The maximum absolute atomic E-state index is 2.46. The zero-order valence-electron chi connectivity index (χ0n) is 29.7. The van der Waals surface area contributed by atoms with Gasteiger partial charge >= 0.3 is 0 Å². The standard InChI is InChI=1S/C52H36N2/c1-3-16-37(17-4-1)39-30-32-43(33-31-39)53(44-23-15-22-40(34-44)38-18-5-2-6-19-38)49-27-12-9-24-45(49)46-25-10-13-28-50(46)54-51-29-14-11-26-47(51)48-35-41-20-7-8-21-42(41)36-52(48)54/h1-36H. The molecule has 0 N–H and O–H groups in total. The van der Waals surface area contributed by atoms with Crippen LogP contribution in [0.5, 0.6) is 0 Å². The van der Waals surface area contributed by atoms with E-state index in [4.69, 9.17) is 0 Å². The van der Waals surface area contributed by atoms with Crippen molar-refractivity contribution in [2.24, 2.45) is 0 Å². The summed E-state index contributed by atoms with van der Waals surface area (Å²) in [6.07, 6.45) is 0. The Bertz CT molecular complexity index is 2920. The molecule has 0 bridgehead atoms. The first kappa shape index (κ1) is 31.6. The molecular weight excluding hydrogens is 653 g/mol. The fourth-order valence-electron chi connectivity index (χ4n) is 8.02. The highest BCUT2D eigenvalue weighted by atomic mass is 15.1. The van der Waals surface area contributed by atoms with E-state index >= 15 is 0 Å². The number of nitrogens with zero attached hydrogens (tertiary/aromatic N) is 2. The van der Waals surface area contributed by atoms with E-state index < -0.39 is 0 Å². The van der Waals surface area contributed by atoms with Crippen molar-refractivity contribution in [3.8, 4) is 39.1 Å². The third-order valence-corrected chi connectivity index (χ3v) is 10.6. The Morgan fingerprint density at radius 3 is 1.67 bits per heavy atom. The molecule has 0 atom stereocenters. The minimum absolute atomic E-state index is 1.09. The van der Waals surface area contributed by atoms with Gasteiger partial charge in [-0.2, -0.15) is 0 Å². The van der Waals surface area contributed by atoms with Gasteiger partial charge in [-0.1, -0.05) is 164 Å². The quantitative estimate of drug-likeness (QED) is 0.162. The maximum atomic E-state index is 2.46. The molecule has 1 heterocycles. The first-order chi connectivity index (χ1) is 26.8. The zero-order chi connectivity index (χ0) is 35.8.